The van der Waals surface area contributed by atoms with Gasteiger partial charge in [-0.2, -0.15) is 0 Å². The molecule has 2 saturated heterocycles. The van der Waals surface area contributed by atoms with Crippen LogP contribution in [0.25, 0.3) is 0 Å². The Hall–Kier alpha value is -0.257. The molecule has 6 aliphatic carbocycles. The molecule has 0 spiro atoms. The van der Waals surface area contributed by atoms with Crippen LogP contribution in [0, 0.1) is 35.5 Å². The predicted octanol–water partition coefficient (Wildman–Crippen LogP) is -6.07. The van der Waals surface area contributed by atoms with Crippen LogP contribution >= 0.6 is 0 Å². The van der Waals surface area contributed by atoms with Crippen LogP contribution in [0.4, 0.5) is 0 Å². The zero-order valence-corrected chi connectivity index (χ0v) is 40.6. The Morgan fingerprint density at radius 1 is 0.328 bits per heavy atom. The molecule has 8 fully saturated rings. The molecule has 22 nitrogen and oxygen atoms in total. The van der Waals surface area contributed by atoms with E-state index in [1.807, 2.05) is 0 Å². The van der Waals surface area contributed by atoms with E-state index >= 15 is 0 Å². The average Bonchev–Trinajstić information content (AvgIpc) is 3.25. The van der Waals surface area contributed by atoms with E-state index in [4.69, 9.17) is 18.9 Å². The van der Waals surface area contributed by atoms with Crippen molar-refractivity contribution >= 4 is 0 Å². The zero-order valence-electron chi connectivity index (χ0n) is 37.6. The van der Waals surface area contributed by atoms with Gasteiger partial charge in [-0.15, -0.1) is 0 Å². The summed E-state index contributed by atoms with van der Waals surface area (Å²) in [6.07, 6.45) is -21.7. The molecule has 0 aromatic heterocycles. The van der Waals surface area contributed by atoms with Crippen molar-refractivity contribution in [2.24, 2.45) is 35.5 Å². The van der Waals surface area contributed by atoms with Gasteiger partial charge in [-0.05, 0) is 102 Å². The third-order valence-corrected chi connectivity index (χ3v) is 16.3. The van der Waals surface area contributed by atoms with Gasteiger partial charge in [-0.3, -0.25) is 0 Å². The molecule has 28 atom stereocenters. The van der Waals surface area contributed by atoms with Gasteiger partial charge in [0.25, 0.3) is 0 Å². The average molecular weight is 1020 g/mol. The van der Waals surface area contributed by atoms with Crippen molar-refractivity contribution in [2.75, 3.05) is 0 Å². The van der Waals surface area contributed by atoms with E-state index in [9.17, 15) is 91.9 Å². The third kappa shape index (κ3) is 12.9. The van der Waals surface area contributed by atoms with Crippen molar-refractivity contribution in [3.63, 3.8) is 0 Å². The minimum atomic E-state index is -1.38. The van der Waals surface area contributed by atoms with Crippen LogP contribution in [-0.4, -0.2) is 239 Å². The van der Waals surface area contributed by atoms with E-state index in [2.05, 4.69) is 0 Å². The second kappa shape index (κ2) is 23.7. The molecule has 18 N–H and O–H groups in total. The molecule has 0 radical (unpaired) electrons. The first-order valence-corrected chi connectivity index (χ1v) is 24.0. The summed E-state index contributed by atoms with van der Waals surface area (Å²) in [5.41, 5.74) is 0. The van der Waals surface area contributed by atoms with Gasteiger partial charge in [0.1, 0.15) is 24.4 Å². The summed E-state index contributed by atoms with van der Waals surface area (Å²) in [4.78, 5) is 0. The van der Waals surface area contributed by atoms with Gasteiger partial charge in [-0.25, -0.2) is 0 Å². The first-order valence-electron chi connectivity index (χ1n) is 24.0. The SMILES string of the molecule is OC1[C@H](O)CC([C@H](O)O[C@H]2C[C@@H]3C(C[C@H](O)C[C@@H]3O)O[C@@H]2C2C[C@@H](O)C(O)[C@@H](O)C2)C[C@@H]1O.OC1[C@H](O)CC([C@H]2O[C@@H]3C[C@@H](O)C[C@H](O)[C@H]3CC2O[C@H](O)C2C[C@H](O)C(O)[C@@H](O)C2)C[C@@H]1O.[Zn]. The van der Waals surface area contributed by atoms with Crippen LogP contribution < -0.4 is 0 Å². The fraction of sp³-hybridized carbons (Fsp3) is 1.00. The van der Waals surface area contributed by atoms with E-state index in [1.165, 1.54) is 0 Å². The Kier molecular flexibility index (Phi) is 19.9. The van der Waals surface area contributed by atoms with Crippen LogP contribution in [-0.2, 0) is 38.4 Å². The Morgan fingerprint density at radius 2 is 0.597 bits per heavy atom. The van der Waals surface area contributed by atoms with Gasteiger partial charge < -0.3 is 111 Å². The molecule has 0 amide bonds. The maximum atomic E-state index is 10.8. The first kappa shape index (κ1) is 56.0. The van der Waals surface area contributed by atoms with E-state index in [1.54, 1.807) is 0 Å². The molecule has 386 valence electrons. The maximum absolute atomic E-state index is 10.8. The summed E-state index contributed by atoms with van der Waals surface area (Å²) in [5, 5.41) is 183. The standard InChI is InChI=1S/2C22H38O11.Zn/c2*23-10-5-12(24)11-7-18(33-22(31)9-3-15(27)20(30)16(28)4-9)21(32-17(11)6-10)8-1-13(25)19(29)14(26)2-8;/h2*8-31H,1-7H2;/t8?,9?,10-,11+,12+,13-,14+,15-,16+,17?,18+,19?,20?,21-,22-;8?,9?,10-,11+,12-,13-,14+,15-,16-,17+,18?,19?,20?,21+,22-;/m10./s1. The molecule has 2 heterocycles. The summed E-state index contributed by atoms with van der Waals surface area (Å²) in [7, 11) is 0. The molecular weight excluding hydrogens is 946 g/mol. The van der Waals surface area contributed by atoms with Crippen molar-refractivity contribution in [3.8, 4) is 0 Å². The smallest absolute Gasteiger partial charge is 0.158 e. The van der Waals surface area contributed by atoms with Gasteiger partial charge in [-0.1, -0.05) is 0 Å². The Bertz CT molecular complexity index is 1370. The van der Waals surface area contributed by atoms with Gasteiger partial charge >= 0.3 is 0 Å². The maximum Gasteiger partial charge on any atom is 0.158 e. The van der Waals surface area contributed by atoms with E-state index in [0.717, 1.165) is 0 Å². The van der Waals surface area contributed by atoms with E-state index in [0.29, 0.717) is 25.7 Å². The van der Waals surface area contributed by atoms with Gasteiger partial charge in [0.05, 0.1) is 110 Å². The summed E-state index contributed by atoms with van der Waals surface area (Å²) < 4.78 is 24.5. The molecule has 0 aromatic rings. The molecular formula is C44H76O22Zn. The summed E-state index contributed by atoms with van der Waals surface area (Å²) >= 11 is 0. The number of hydrogen-bond acceptors (Lipinski definition) is 22. The fourth-order valence-electron chi connectivity index (χ4n) is 12.5. The minimum Gasteiger partial charge on any atom is -0.393 e. The minimum absolute atomic E-state index is 0. The van der Waals surface area contributed by atoms with Crippen LogP contribution in [0.15, 0.2) is 0 Å². The molecule has 6 saturated carbocycles. The normalized spacial score (nSPS) is 53.6. The molecule has 0 bridgehead atoms. The number of rotatable bonds is 8. The quantitative estimate of drug-likeness (QED) is 0.0795. The van der Waals surface area contributed by atoms with Gasteiger partial charge in [0.15, 0.2) is 12.6 Å². The second-order valence-electron chi connectivity index (χ2n) is 21.0. The Labute approximate surface area is 401 Å². The van der Waals surface area contributed by atoms with Crippen LogP contribution in [0.5, 0.6) is 0 Å². The summed E-state index contributed by atoms with van der Waals surface area (Å²) in [5.74, 6) is -2.77. The summed E-state index contributed by atoms with van der Waals surface area (Å²) in [6.45, 7) is 0. The molecule has 0 aromatic carbocycles. The van der Waals surface area contributed by atoms with Crippen molar-refractivity contribution in [2.45, 2.75) is 237 Å². The Morgan fingerprint density at radius 3 is 0.881 bits per heavy atom. The van der Waals surface area contributed by atoms with E-state index < -0.39 is 171 Å². The predicted molar refractivity (Wildman–Crippen MR) is 221 cm³/mol. The monoisotopic (exact) mass is 1020 g/mol. The fourth-order valence-corrected chi connectivity index (χ4v) is 12.5. The molecule has 67 heavy (non-hydrogen) atoms. The molecule has 8 rings (SSSR count). The van der Waals surface area contributed by atoms with Gasteiger partial charge in [0.2, 0.25) is 0 Å². The molecule has 2 aliphatic heterocycles. The third-order valence-electron chi connectivity index (χ3n) is 16.3. The summed E-state index contributed by atoms with van der Waals surface area (Å²) in [6, 6.07) is 0. The second-order valence-corrected chi connectivity index (χ2v) is 21.0. The first-order chi connectivity index (χ1) is 31.1. The topological polar surface area (TPSA) is 401 Å². The molecule has 23 heteroatoms. The number of fused-ring (bicyclic) bond motifs is 2. The van der Waals surface area contributed by atoms with E-state index in [-0.39, 0.29) is 95.5 Å². The molecule has 8 aliphatic rings. The number of aliphatic hydroxyl groups is 18. The number of ether oxygens (including phenoxy) is 4. The number of hydrogen-bond donors (Lipinski definition) is 18. The van der Waals surface area contributed by atoms with Crippen LogP contribution in [0.2, 0.25) is 0 Å². The van der Waals surface area contributed by atoms with Crippen LogP contribution in [0.1, 0.15) is 89.9 Å². The van der Waals surface area contributed by atoms with Crippen molar-refractivity contribution in [1.82, 2.24) is 0 Å². The van der Waals surface area contributed by atoms with Crippen LogP contribution in [0.3, 0.4) is 0 Å². The van der Waals surface area contributed by atoms with Crippen molar-refractivity contribution in [1.29, 1.82) is 0 Å². The number of aliphatic hydroxyl groups excluding tert-OH is 18. The molecule has 8 unspecified atom stereocenters. The van der Waals surface area contributed by atoms with Crippen molar-refractivity contribution < 1.29 is 130 Å². The zero-order chi connectivity index (χ0) is 48.0. The van der Waals surface area contributed by atoms with Gasteiger partial charge in [0, 0.05) is 43.1 Å². The van der Waals surface area contributed by atoms with Crippen molar-refractivity contribution in [3.05, 3.63) is 0 Å². The largest absolute Gasteiger partial charge is 0.393 e. The Balaban J connectivity index is 0.000000218.